The molecule has 8 rings (SSSR count). The summed E-state index contributed by atoms with van der Waals surface area (Å²) in [4.78, 5) is 143. The van der Waals surface area contributed by atoms with E-state index in [2.05, 4.69) is 36.6 Å². The third-order valence-corrected chi connectivity index (χ3v) is 15.2. The Labute approximate surface area is 526 Å². The third-order valence-electron chi connectivity index (χ3n) is 14.8. The maximum atomic E-state index is 14.6. The number of aryl methyl sites for hydroxylation is 1. The fourth-order valence-corrected chi connectivity index (χ4v) is 10.3. The molecule has 0 bridgehead atoms. The molecule has 10 N–H and O–H groups in total. The highest BCUT2D eigenvalue weighted by Gasteiger charge is 2.37. The number of alkyl halides is 1. The van der Waals surface area contributed by atoms with Gasteiger partial charge in [0.15, 0.2) is 6.73 Å². The Balaban J connectivity index is 0.894. The van der Waals surface area contributed by atoms with E-state index in [1.807, 2.05) is 25.1 Å². The summed E-state index contributed by atoms with van der Waals surface area (Å²) < 4.78 is 22.4. The Kier molecular flexibility index (Phi) is 22.5. The third kappa shape index (κ3) is 17.1. The second kappa shape index (κ2) is 30.7. The molecule has 2 aliphatic rings. The van der Waals surface area contributed by atoms with E-state index in [1.165, 1.54) is 47.3 Å². The highest BCUT2D eigenvalue weighted by atomic mass is 35.5. The van der Waals surface area contributed by atoms with Gasteiger partial charge in [0, 0.05) is 91.8 Å². The lowest BCUT2D eigenvalue weighted by molar-refractivity contribution is -0.141. The van der Waals surface area contributed by atoms with E-state index in [4.69, 9.17) is 36.3 Å². The number of imide groups is 1. The summed E-state index contributed by atoms with van der Waals surface area (Å²) in [5.74, 6) is -3.91. The van der Waals surface area contributed by atoms with E-state index < -0.39 is 84.5 Å². The number of carbonyl (C=O) groups is 10. The first-order chi connectivity index (χ1) is 43.6. The monoisotopic (exact) mass is 1270 g/mol. The highest BCUT2D eigenvalue weighted by Crippen LogP contribution is 2.47. The molecule has 0 fully saturated rings. The molecule has 4 heterocycles. The number of pyridine rings is 1. The van der Waals surface area contributed by atoms with Crippen molar-refractivity contribution in [1.82, 2.24) is 40.6 Å². The van der Waals surface area contributed by atoms with E-state index in [1.54, 1.807) is 61.2 Å². The van der Waals surface area contributed by atoms with Gasteiger partial charge in [0.05, 0.1) is 37.2 Å². The minimum absolute atomic E-state index is 0.000565. The Bertz CT molecular complexity index is 3730. The van der Waals surface area contributed by atoms with E-state index >= 15 is 0 Å². The molecule has 0 unspecified atom stereocenters. The highest BCUT2D eigenvalue weighted by molar-refractivity contribution is 6.20. The van der Waals surface area contributed by atoms with Crippen LogP contribution < -0.4 is 42.0 Å². The molecule has 3 atom stereocenters. The van der Waals surface area contributed by atoms with E-state index in [-0.39, 0.29) is 107 Å². The van der Waals surface area contributed by atoms with Gasteiger partial charge in [-0.2, -0.15) is 0 Å². The molecule has 11 amide bonds. The van der Waals surface area contributed by atoms with Gasteiger partial charge in [-0.1, -0.05) is 44.2 Å². The Morgan fingerprint density at radius 2 is 1.60 bits per heavy atom. The number of carbonyl (C=O) groups excluding carboxylic acids is 10. The zero-order chi connectivity index (χ0) is 65.5. The minimum atomic E-state index is -1.23. The number of phenols is 1. The van der Waals surface area contributed by atoms with Crippen LogP contribution in [0.15, 0.2) is 103 Å². The predicted octanol–water partition coefficient (Wildman–Crippen LogP) is 5.55. The number of phenolic OH excluding ortho intramolecular Hbond substituents is 1. The summed E-state index contributed by atoms with van der Waals surface area (Å²) >= 11 is 6.64. The number of aromatic nitrogens is 2. The van der Waals surface area contributed by atoms with E-state index in [0.29, 0.717) is 43.7 Å². The van der Waals surface area contributed by atoms with Gasteiger partial charge in [-0.15, -0.1) is 11.6 Å². The number of nitrogens with zero attached hydrogens (tertiary/aromatic N) is 5. The molecule has 0 saturated heterocycles. The number of benzene rings is 4. The molecule has 28 nitrogen and oxygen atoms in total. The lowest BCUT2D eigenvalue weighted by Crippen LogP contribution is -2.55. The second-order valence-corrected chi connectivity index (χ2v) is 21.9. The van der Waals surface area contributed by atoms with Crippen molar-refractivity contribution in [3.63, 3.8) is 0 Å². The molecule has 4 aromatic carbocycles. The SMILES string of the molecule is Cc1cccc2c(OC(=O)N(CCOCCO)CCN(C)C(=O)OCc3ccc(NC(=O)[C@H](CCCNC(N)=O)NC(=O)[C@@H](NC(=O)OCN4C(=O)C=CC4=O)C(C)C)cc3)cc3c(c12)[C@H](CCl)CN3C(=O)c1cc2cc(NC(=O)c3ccc(O)cc3)ncc2[nH]1. The first-order valence-electron chi connectivity index (χ1n) is 28.9. The van der Waals surface area contributed by atoms with Crippen LogP contribution in [0.5, 0.6) is 11.5 Å². The molecule has 2 aromatic heterocycles. The van der Waals surface area contributed by atoms with Crippen LogP contribution in [-0.4, -0.2) is 179 Å². The summed E-state index contributed by atoms with van der Waals surface area (Å²) in [6.45, 7) is 4.18. The zero-order valence-corrected chi connectivity index (χ0v) is 50.9. The number of halogens is 1. The van der Waals surface area contributed by atoms with Crippen LogP contribution in [0.2, 0.25) is 0 Å². The standard InChI is InChI=1S/C62H69ClN12O16/c1-35(2)54(71-60(85)90-34-75-50(78)18-19-51(75)79)57(82)69-44(9-6-20-65-59(64)84)56(81)67-41-14-10-37(11-15-41)33-89-61(86)72(4)21-22-73(23-25-88-26-24-76)62(87)91-48-29-47-53(52-36(3)7-5-8-43(48)52)40(30-63)32-74(47)58(83)45-27-39-28-49(66-31-46(39)68-45)70-55(80)38-12-16-42(77)17-13-38/h5,7-8,10-19,27-29,31,35,40,44,54,68,76-77H,6,9,20-26,30,32-34H2,1-4H3,(H,67,81)(H,69,82)(H,71,85)(H3,64,65,84)(H,66,70,80)/t40-,44+,54+/m1/s1. The van der Waals surface area contributed by atoms with Crippen molar-refractivity contribution in [3.8, 4) is 11.5 Å². The quantitative estimate of drug-likeness (QED) is 0.0173. The van der Waals surface area contributed by atoms with Gasteiger partial charge >= 0.3 is 24.3 Å². The molecule has 0 spiro atoms. The number of fused-ring (bicyclic) bond motifs is 4. The molecule has 29 heteroatoms. The molecule has 0 radical (unpaired) electrons. The van der Waals surface area contributed by atoms with Crippen molar-refractivity contribution >= 4 is 110 Å². The summed E-state index contributed by atoms with van der Waals surface area (Å²) in [5, 5.41) is 33.9. The number of primary amides is 1. The van der Waals surface area contributed by atoms with Crippen LogP contribution in [0.4, 0.5) is 36.4 Å². The number of hydrogen-bond acceptors (Lipinski definition) is 17. The van der Waals surface area contributed by atoms with Crippen LogP contribution in [0, 0.1) is 12.8 Å². The average molecular weight is 1270 g/mol. The maximum Gasteiger partial charge on any atom is 0.415 e. The number of nitrogens with two attached hydrogens (primary N) is 1. The first kappa shape index (κ1) is 66.6. The number of rotatable bonds is 27. The molecule has 0 saturated carbocycles. The maximum absolute atomic E-state index is 14.6. The molecule has 0 aliphatic carbocycles. The van der Waals surface area contributed by atoms with Crippen molar-refractivity contribution in [2.75, 3.05) is 87.7 Å². The first-order valence-corrected chi connectivity index (χ1v) is 29.4. The largest absolute Gasteiger partial charge is 0.508 e. The van der Waals surface area contributed by atoms with Gasteiger partial charge in [0.1, 0.15) is 41.7 Å². The van der Waals surface area contributed by atoms with Gasteiger partial charge in [-0.3, -0.25) is 28.8 Å². The van der Waals surface area contributed by atoms with Crippen molar-refractivity contribution in [3.05, 3.63) is 131 Å². The van der Waals surface area contributed by atoms with E-state index in [0.717, 1.165) is 28.7 Å². The number of ether oxygens (including phenoxy) is 4. The van der Waals surface area contributed by atoms with Crippen LogP contribution in [0.25, 0.3) is 21.7 Å². The van der Waals surface area contributed by atoms with Crippen molar-refractivity contribution in [2.45, 2.75) is 58.2 Å². The number of aromatic amines is 1. The number of nitrogens with one attached hydrogen (secondary N) is 6. The summed E-state index contributed by atoms with van der Waals surface area (Å²) in [6.07, 6.45) is 1.11. The predicted molar refractivity (Wildman–Crippen MR) is 332 cm³/mol. The number of likely N-dealkylation sites (N-methyl/N-ethyl adjacent to an activating group) is 1. The van der Waals surface area contributed by atoms with Gasteiger partial charge in [-0.25, -0.2) is 29.1 Å². The fraction of sp³-hybridized carbons (Fsp3) is 0.339. The minimum Gasteiger partial charge on any atom is -0.508 e. The summed E-state index contributed by atoms with van der Waals surface area (Å²) in [5.41, 5.74) is 9.18. The number of aromatic hydroxyl groups is 1. The van der Waals surface area contributed by atoms with E-state index in [9.17, 15) is 58.2 Å². The lowest BCUT2D eigenvalue weighted by atomic mass is 9.92. The molecular formula is C62H69ClN12O16. The number of urea groups is 1. The summed E-state index contributed by atoms with van der Waals surface area (Å²) in [6, 6.07) is 19.2. The average Bonchev–Trinajstić information content (AvgIpc) is 1.64. The Morgan fingerprint density at radius 3 is 2.30 bits per heavy atom. The lowest BCUT2D eigenvalue weighted by Gasteiger charge is -2.26. The van der Waals surface area contributed by atoms with Crippen LogP contribution in [0.3, 0.4) is 0 Å². The normalized spacial score (nSPS) is 14.0. The molecule has 91 heavy (non-hydrogen) atoms. The van der Waals surface area contributed by atoms with Gasteiger partial charge in [0.2, 0.25) is 11.8 Å². The Hall–Kier alpha value is -10.3. The van der Waals surface area contributed by atoms with Crippen molar-refractivity contribution in [1.29, 1.82) is 0 Å². The second-order valence-electron chi connectivity index (χ2n) is 21.6. The molecule has 2 aliphatic heterocycles. The number of H-pyrrole nitrogens is 1. The smallest absolute Gasteiger partial charge is 0.415 e. The van der Waals surface area contributed by atoms with Crippen LogP contribution >= 0.6 is 11.6 Å². The van der Waals surface area contributed by atoms with Crippen LogP contribution in [-0.2, 0) is 40.0 Å². The topological polar surface area (TPSA) is 376 Å². The number of amides is 11. The molecule has 6 aromatic rings. The number of aliphatic hydroxyl groups excluding tert-OH is 1. The van der Waals surface area contributed by atoms with Gasteiger partial charge in [0.25, 0.3) is 23.6 Å². The molecule has 480 valence electrons. The van der Waals surface area contributed by atoms with Gasteiger partial charge < -0.3 is 81.2 Å². The number of aliphatic hydroxyl groups is 1. The van der Waals surface area contributed by atoms with Gasteiger partial charge in [-0.05, 0) is 96.3 Å². The number of alkyl carbamates (subject to hydrolysis) is 1. The Morgan fingerprint density at radius 1 is 0.868 bits per heavy atom. The number of hydrogen-bond donors (Lipinski definition) is 9. The van der Waals surface area contributed by atoms with Crippen molar-refractivity contribution < 1.29 is 77.1 Å². The van der Waals surface area contributed by atoms with Crippen molar-refractivity contribution in [2.24, 2.45) is 11.7 Å². The zero-order valence-electron chi connectivity index (χ0n) is 50.1. The fourth-order valence-electron chi connectivity index (χ4n) is 10.0. The van der Waals surface area contributed by atoms with Crippen LogP contribution in [0.1, 0.15) is 70.1 Å². The number of anilines is 3. The summed E-state index contributed by atoms with van der Waals surface area (Å²) in [7, 11) is 1.48. The molecular weight excluding hydrogens is 1200 g/mol.